The van der Waals surface area contributed by atoms with Gasteiger partial charge in [0.1, 0.15) is 5.82 Å². The second kappa shape index (κ2) is 11.9. The number of nitrogens with one attached hydrogen (secondary N) is 2. The molecular formula is C30H27FN2O4. The Morgan fingerprint density at radius 2 is 1.51 bits per heavy atom. The highest BCUT2D eigenvalue weighted by atomic mass is 19.1. The largest absolute Gasteiger partial charge is 0.465 e. The summed E-state index contributed by atoms with van der Waals surface area (Å²) in [5.74, 6) is -1.21. The monoisotopic (exact) mass is 498 g/mol. The number of rotatable bonds is 9. The first-order valence-corrected chi connectivity index (χ1v) is 11.9. The standard InChI is InChI=1S/C30H27FN2O4/c1-37-30(36)24-9-6-22(7-10-24)19-32-28(34)17-8-20-2-4-21(5-3-20)18-27(29(35)33-26-15-16-26)23-11-13-25(31)14-12-23/h2-14,17-18,26H,15-16,19H2,1H3,(H,32,34)(H,33,35). The minimum atomic E-state index is -0.409. The second-order valence-electron chi connectivity index (χ2n) is 8.72. The smallest absolute Gasteiger partial charge is 0.337 e. The maximum Gasteiger partial charge on any atom is 0.337 e. The number of amides is 2. The zero-order valence-electron chi connectivity index (χ0n) is 20.4. The Bertz CT molecular complexity index is 1320. The molecule has 0 unspecified atom stereocenters. The van der Waals surface area contributed by atoms with Gasteiger partial charge in [-0.05, 0) is 71.5 Å². The van der Waals surface area contributed by atoms with Crippen LogP contribution >= 0.6 is 0 Å². The normalized spacial score (nSPS) is 13.3. The Morgan fingerprint density at radius 1 is 0.892 bits per heavy atom. The zero-order chi connectivity index (χ0) is 26.2. The van der Waals surface area contributed by atoms with Crippen LogP contribution in [0.3, 0.4) is 0 Å². The number of ether oxygens (including phenoxy) is 1. The van der Waals surface area contributed by atoms with Crippen molar-refractivity contribution >= 4 is 35.5 Å². The Labute approximate surface area is 214 Å². The molecule has 0 aromatic heterocycles. The summed E-state index contributed by atoms with van der Waals surface area (Å²) in [6.07, 6.45) is 6.86. The average molecular weight is 499 g/mol. The third-order valence-electron chi connectivity index (χ3n) is 5.83. The van der Waals surface area contributed by atoms with E-state index in [1.165, 1.54) is 25.3 Å². The molecule has 6 nitrogen and oxygen atoms in total. The fourth-order valence-electron chi connectivity index (χ4n) is 3.57. The molecule has 2 amide bonds. The third kappa shape index (κ3) is 7.48. The van der Waals surface area contributed by atoms with Crippen LogP contribution in [0.4, 0.5) is 4.39 Å². The first kappa shape index (κ1) is 25.6. The van der Waals surface area contributed by atoms with E-state index in [0.717, 1.165) is 29.5 Å². The van der Waals surface area contributed by atoms with E-state index < -0.39 is 5.97 Å². The van der Waals surface area contributed by atoms with Crippen molar-refractivity contribution in [3.8, 4) is 0 Å². The number of hydrogen-bond donors (Lipinski definition) is 2. The van der Waals surface area contributed by atoms with Gasteiger partial charge in [-0.15, -0.1) is 0 Å². The Kier molecular flexibility index (Phi) is 8.26. The predicted octanol–water partition coefficient (Wildman–Crippen LogP) is 4.76. The highest BCUT2D eigenvalue weighted by Gasteiger charge is 2.25. The van der Waals surface area contributed by atoms with Gasteiger partial charge in [0.25, 0.3) is 5.91 Å². The molecule has 0 radical (unpaired) electrons. The summed E-state index contributed by atoms with van der Waals surface area (Å²) >= 11 is 0. The molecule has 3 aromatic rings. The molecule has 1 aliphatic rings. The number of carbonyl (C=O) groups excluding carboxylic acids is 3. The Hall–Kier alpha value is -4.52. The molecule has 0 aliphatic heterocycles. The van der Waals surface area contributed by atoms with Crippen molar-refractivity contribution < 1.29 is 23.5 Å². The van der Waals surface area contributed by atoms with Crippen molar-refractivity contribution in [2.24, 2.45) is 0 Å². The lowest BCUT2D eigenvalue weighted by molar-refractivity contribution is -0.117. The molecule has 1 aliphatic carbocycles. The molecular weight excluding hydrogens is 471 g/mol. The lowest BCUT2D eigenvalue weighted by Crippen LogP contribution is -2.26. The molecule has 37 heavy (non-hydrogen) atoms. The van der Waals surface area contributed by atoms with Crippen LogP contribution in [-0.2, 0) is 20.9 Å². The van der Waals surface area contributed by atoms with Crippen LogP contribution in [0.2, 0.25) is 0 Å². The first-order valence-electron chi connectivity index (χ1n) is 11.9. The topological polar surface area (TPSA) is 84.5 Å². The zero-order valence-corrected chi connectivity index (χ0v) is 20.4. The first-order chi connectivity index (χ1) is 17.9. The van der Waals surface area contributed by atoms with E-state index in [1.54, 1.807) is 48.6 Å². The van der Waals surface area contributed by atoms with Gasteiger partial charge in [0.2, 0.25) is 5.91 Å². The molecule has 2 N–H and O–H groups in total. The summed E-state index contributed by atoms with van der Waals surface area (Å²) in [7, 11) is 1.33. The van der Waals surface area contributed by atoms with Gasteiger partial charge in [0.05, 0.1) is 12.7 Å². The molecule has 188 valence electrons. The summed E-state index contributed by atoms with van der Waals surface area (Å²) in [5, 5.41) is 5.79. The van der Waals surface area contributed by atoms with Crippen molar-refractivity contribution in [2.45, 2.75) is 25.4 Å². The summed E-state index contributed by atoms with van der Waals surface area (Å²) < 4.78 is 18.1. The molecule has 1 fully saturated rings. The summed E-state index contributed by atoms with van der Waals surface area (Å²) in [6, 6.07) is 20.3. The van der Waals surface area contributed by atoms with Crippen LogP contribution < -0.4 is 10.6 Å². The van der Waals surface area contributed by atoms with Crippen molar-refractivity contribution in [3.63, 3.8) is 0 Å². The van der Waals surface area contributed by atoms with Crippen molar-refractivity contribution in [1.82, 2.24) is 10.6 Å². The molecule has 0 atom stereocenters. The second-order valence-corrected chi connectivity index (χ2v) is 8.72. The van der Waals surface area contributed by atoms with Gasteiger partial charge in [-0.25, -0.2) is 9.18 Å². The lowest BCUT2D eigenvalue weighted by Gasteiger charge is -2.09. The van der Waals surface area contributed by atoms with Crippen LogP contribution in [0.15, 0.2) is 78.9 Å². The van der Waals surface area contributed by atoms with Crippen molar-refractivity contribution in [2.75, 3.05) is 7.11 Å². The van der Waals surface area contributed by atoms with Crippen LogP contribution in [0.5, 0.6) is 0 Å². The SMILES string of the molecule is COC(=O)c1ccc(CNC(=O)C=Cc2ccc(C=C(C(=O)NC3CC3)c3ccc(F)cc3)cc2)cc1. The van der Waals surface area contributed by atoms with E-state index >= 15 is 0 Å². The Morgan fingerprint density at radius 3 is 2.14 bits per heavy atom. The van der Waals surface area contributed by atoms with E-state index in [4.69, 9.17) is 0 Å². The summed E-state index contributed by atoms with van der Waals surface area (Å²) in [6.45, 7) is 0.323. The quantitative estimate of drug-likeness (QED) is 0.253. The van der Waals surface area contributed by atoms with Gasteiger partial charge < -0.3 is 15.4 Å². The summed E-state index contributed by atoms with van der Waals surface area (Å²) in [4.78, 5) is 36.5. The number of carbonyl (C=O) groups is 3. The van der Waals surface area contributed by atoms with Crippen molar-refractivity contribution in [1.29, 1.82) is 0 Å². The van der Waals surface area contributed by atoms with Gasteiger partial charge in [-0.2, -0.15) is 0 Å². The van der Waals surface area contributed by atoms with Crippen LogP contribution in [0.1, 0.15) is 45.5 Å². The number of esters is 1. The molecule has 3 aromatic carbocycles. The van der Waals surface area contributed by atoms with Crippen molar-refractivity contribution in [3.05, 3.63) is 113 Å². The van der Waals surface area contributed by atoms with Gasteiger partial charge in [-0.1, -0.05) is 48.5 Å². The number of methoxy groups -OCH3 is 1. The molecule has 7 heteroatoms. The number of benzene rings is 3. The lowest BCUT2D eigenvalue weighted by atomic mass is 10.0. The summed E-state index contributed by atoms with van der Waals surface area (Å²) in [5.41, 5.74) is 4.04. The van der Waals surface area contributed by atoms with E-state index in [-0.39, 0.29) is 23.7 Å². The maximum atomic E-state index is 13.4. The van der Waals surface area contributed by atoms with E-state index in [2.05, 4.69) is 15.4 Å². The van der Waals surface area contributed by atoms with E-state index in [9.17, 15) is 18.8 Å². The number of halogens is 1. The van der Waals surface area contributed by atoms with E-state index in [0.29, 0.717) is 23.2 Å². The molecule has 0 heterocycles. The molecule has 1 saturated carbocycles. The fourth-order valence-corrected chi connectivity index (χ4v) is 3.57. The fraction of sp³-hybridized carbons (Fsp3) is 0.167. The molecule has 0 saturated heterocycles. The van der Waals surface area contributed by atoms with Crippen LogP contribution in [0.25, 0.3) is 17.7 Å². The maximum absolute atomic E-state index is 13.4. The molecule has 0 bridgehead atoms. The minimum Gasteiger partial charge on any atom is -0.465 e. The van der Waals surface area contributed by atoms with Gasteiger partial charge >= 0.3 is 5.97 Å². The highest BCUT2D eigenvalue weighted by molar-refractivity contribution is 6.24. The molecule has 0 spiro atoms. The number of hydrogen-bond acceptors (Lipinski definition) is 4. The molecule has 4 rings (SSSR count). The van der Waals surface area contributed by atoms with Crippen LogP contribution in [-0.4, -0.2) is 30.9 Å². The average Bonchev–Trinajstić information content (AvgIpc) is 3.74. The van der Waals surface area contributed by atoms with Gasteiger partial charge in [-0.3, -0.25) is 9.59 Å². The minimum absolute atomic E-state index is 0.185. The third-order valence-corrected chi connectivity index (χ3v) is 5.83. The van der Waals surface area contributed by atoms with Gasteiger partial charge in [0, 0.05) is 24.2 Å². The predicted molar refractivity (Wildman–Crippen MR) is 141 cm³/mol. The van der Waals surface area contributed by atoms with Crippen LogP contribution in [0, 0.1) is 5.82 Å². The highest BCUT2D eigenvalue weighted by Crippen LogP contribution is 2.24. The van der Waals surface area contributed by atoms with E-state index in [1.807, 2.05) is 24.3 Å². The Balaban J connectivity index is 1.37. The van der Waals surface area contributed by atoms with Gasteiger partial charge in [0.15, 0.2) is 0 Å².